The lowest BCUT2D eigenvalue weighted by atomic mass is 9.65. The molecule has 3 aliphatic rings. The fourth-order valence-electron chi connectivity index (χ4n) is 4.23. The minimum absolute atomic E-state index is 0.229. The summed E-state index contributed by atoms with van der Waals surface area (Å²) in [5, 5.41) is 8.89. The van der Waals surface area contributed by atoms with Crippen LogP contribution in [0.2, 0.25) is 0 Å². The summed E-state index contributed by atoms with van der Waals surface area (Å²) in [6.07, 6.45) is 16.6. The van der Waals surface area contributed by atoms with Crippen LogP contribution < -0.4 is 0 Å². The molecule has 3 aliphatic carbocycles. The third-order valence-corrected chi connectivity index (χ3v) is 6.12. The number of aliphatic carboxylic acids is 1. The number of thioether (sulfide) groups is 1. The normalized spacial score (nSPS) is 31.5. The van der Waals surface area contributed by atoms with Crippen LogP contribution in [-0.4, -0.2) is 22.6 Å². The van der Waals surface area contributed by atoms with Gasteiger partial charge >= 0.3 is 5.97 Å². The van der Waals surface area contributed by atoms with Crippen LogP contribution in [0.3, 0.4) is 0 Å². The van der Waals surface area contributed by atoms with Crippen molar-refractivity contribution in [2.45, 2.75) is 38.5 Å². The van der Waals surface area contributed by atoms with Gasteiger partial charge in [-0.2, -0.15) is 0 Å². The Morgan fingerprint density at radius 1 is 1.19 bits per heavy atom. The van der Waals surface area contributed by atoms with Gasteiger partial charge in [-0.3, -0.25) is 4.79 Å². The predicted molar refractivity (Wildman–Crippen MR) is 88.4 cm³/mol. The number of carboxylic acid groups (broad SMARTS) is 1. The van der Waals surface area contributed by atoms with Crippen LogP contribution in [0.1, 0.15) is 38.5 Å². The summed E-state index contributed by atoms with van der Waals surface area (Å²) in [4.78, 5) is 10.8. The fraction of sp³-hybridized carbons (Fsp3) is 0.611. The highest BCUT2D eigenvalue weighted by atomic mass is 32.2. The molecule has 2 nitrogen and oxygen atoms in total. The zero-order chi connectivity index (χ0) is 14.7. The van der Waals surface area contributed by atoms with Crippen molar-refractivity contribution < 1.29 is 9.90 Å². The average Bonchev–Trinajstić information content (AvgIpc) is 2.71. The Bertz CT molecular complexity index is 489. The van der Waals surface area contributed by atoms with Gasteiger partial charge in [0, 0.05) is 5.75 Å². The van der Waals surface area contributed by atoms with Crippen LogP contribution in [0.25, 0.3) is 0 Å². The maximum Gasteiger partial charge on any atom is 0.313 e. The van der Waals surface area contributed by atoms with E-state index in [1.807, 2.05) is 0 Å². The van der Waals surface area contributed by atoms with Crippen molar-refractivity contribution in [1.82, 2.24) is 0 Å². The van der Waals surface area contributed by atoms with E-state index in [2.05, 4.69) is 24.3 Å². The topological polar surface area (TPSA) is 37.3 Å². The van der Waals surface area contributed by atoms with Gasteiger partial charge in [0.05, 0.1) is 5.75 Å². The lowest BCUT2D eigenvalue weighted by molar-refractivity contribution is -0.133. The van der Waals surface area contributed by atoms with Crippen molar-refractivity contribution in [3.63, 3.8) is 0 Å². The highest BCUT2D eigenvalue weighted by Crippen LogP contribution is 2.48. The molecule has 0 amide bonds. The molecule has 0 aromatic rings. The van der Waals surface area contributed by atoms with E-state index in [4.69, 9.17) is 5.11 Å². The summed E-state index contributed by atoms with van der Waals surface area (Å²) in [5.41, 5.74) is 3.28. The Morgan fingerprint density at radius 2 is 2.00 bits per heavy atom. The van der Waals surface area contributed by atoms with Gasteiger partial charge < -0.3 is 5.11 Å². The Kier molecular flexibility index (Phi) is 4.89. The standard InChI is InChI=1S/C18H24O2S/c19-18(20)12-21-11-17-15-8-3-1-2-6-13(15)10-14-7-4-5-9-16(14)17/h1-2,4-5,13-14,16H,3,6-12H2,(H,19,20). The molecule has 0 spiro atoms. The van der Waals surface area contributed by atoms with E-state index >= 15 is 0 Å². The largest absolute Gasteiger partial charge is 0.481 e. The second-order valence-corrected chi connectivity index (χ2v) is 7.41. The number of fused-ring (bicyclic) bond motifs is 2. The van der Waals surface area contributed by atoms with E-state index in [1.165, 1.54) is 25.7 Å². The molecule has 0 heterocycles. The monoisotopic (exact) mass is 304 g/mol. The predicted octanol–water partition coefficient (Wildman–Crippen LogP) is 4.44. The Labute approximate surface area is 131 Å². The van der Waals surface area contributed by atoms with E-state index in [-0.39, 0.29) is 5.75 Å². The van der Waals surface area contributed by atoms with Crippen molar-refractivity contribution >= 4 is 17.7 Å². The van der Waals surface area contributed by atoms with Crippen LogP contribution in [0.4, 0.5) is 0 Å². The Balaban J connectivity index is 1.83. The first kappa shape index (κ1) is 15.0. The van der Waals surface area contributed by atoms with Crippen molar-refractivity contribution in [2.75, 3.05) is 11.5 Å². The third-order valence-electron chi connectivity index (χ3n) is 5.16. The second kappa shape index (κ2) is 6.87. The number of carboxylic acids is 1. The van der Waals surface area contributed by atoms with Crippen LogP contribution >= 0.6 is 11.8 Å². The van der Waals surface area contributed by atoms with Crippen molar-refractivity contribution in [3.05, 3.63) is 35.5 Å². The number of hydrogen-bond acceptors (Lipinski definition) is 2. The highest BCUT2D eigenvalue weighted by Gasteiger charge is 2.36. The molecule has 3 unspecified atom stereocenters. The molecule has 114 valence electrons. The molecule has 21 heavy (non-hydrogen) atoms. The van der Waals surface area contributed by atoms with Gasteiger partial charge in [0.15, 0.2) is 0 Å². The minimum Gasteiger partial charge on any atom is -0.481 e. The lowest BCUT2D eigenvalue weighted by Crippen LogP contribution is -2.30. The van der Waals surface area contributed by atoms with Crippen molar-refractivity contribution in [2.24, 2.45) is 17.8 Å². The first-order valence-electron chi connectivity index (χ1n) is 8.07. The average molecular weight is 304 g/mol. The SMILES string of the molecule is O=C(O)CSCC1=C2CCC=CCC2CC2CC=CCC12. The molecular weight excluding hydrogens is 280 g/mol. The second-order valence-electron chi connectivity index (χ2n) is 6.42. The quantitative estimate of drug-likeness (QED) is 0.780. The van der Waals surface area contributed by atoms with Gasteiger partial charge in [0.1, 0.15) is 0 Å². The fourth-order valence-corrected chi connectivity index (χ4v) is 5.13. The summed E-state index contributed by atoms with van der Waals surface area (Å²) in [7, 11) is 0. The van der Waals surface area contributed by atoms with Gasteiger partial charge in [0.25, 0.3) is 0 Å². The van der Waals surface area contributed by atoms with E-state index in [1.54, 1.807) is 22.9 Å². The molecule has 1 N–H and O–H groups in total. The van der Waals surface area contributed by atoms with Gasteiger partial charge in [-0.1, -0.05) is 35.5 Å². The molecule has 0 saturated heterocycles. The van der Waals surface area contributed by atoms with Crippen LogP contribution in [-0.2, 0) is 4.79 Å². The van der Waals surface area contributed by atoms with Crippen LogP contribution in [0, 0.1) is 17.8 Å². The van der Waals surface area contributed by atoms with Crippen molar-refractivity contribution in [1.29, 1.82) is 0 Å². The maximum absolute atomic E-state index is 10.8. The van der Waals surface area contributed by atoms with Crippen LogP contribution in [0.15, 0.2) is 35.5 Å². The number of allylic oxidation sites excluding steroid dienone is 5. The first-order valence-corrected chi connectivity index (χ1v) is 9.22. The number of carbonyl (C=O) groups is 1. The first-order chi connectivity index (χ1) is 10.3. The van der Waals surface area contributed by atoms with E-state index < -0.39 is 5.97 Å². The number of rotatable bonds is 4. The smallest absolute Gasteiger partial charge is 0.313 e. The van der Waals surface area contributed by atoms with Gasteiger partial charge in [-0.05, 0) is 56.3 Å². The summed E-state index contributed by atoms with van der Waals surface area (Å²) in [6, 6.07) is 0. The Morgan fingerprint density at radius 3 is 2.86 bits per heavy atom. The molecule has 0 aromatic carbocycles. The zero-order valence-corrected chi connectivity index (χ0v) is 13.3. The third kappa shape index (κ3) is 3.45. The lowest BCUT2D eigenvalue weighted by Gasteiger charge is -2.41. The summed E-state index contributed by atoms with van der Waals surface area (Å²) in [5.74, 6) is 2.65. The van der Waals surface area contributed by atoms with Crippen molar-refractivity contribution in [3.8, 4) is 0 Å². The van der Waals surface area contributed by atoms with Crippen LogP contribution in [0.5, 0.6) is 0 Å². The highest BCUT2D eigenvalue weighted by molar-refractivity contribution is 8.00. The summed E-state index contributed by atoms with van der Waals surface area (Å²) >= 11 is 1.58. The molecule has 3 heteroatoms. The molecule has 0 aromatic heterocycles. The van der Waals surface area contributed by atoms with E-state index in [0.29, 0.717) is 5.92 Å². The van der Waals surface area contributed by atoms with Gasteiger partial charge in [-0.15, -0.1) is 11.8 Å². The molecule has 3 rings (SSSR count). The Hall–Kier alpha value is -0.960. The summed E-state index contributed by atoms with van der Waals surface area (Å²) in [6.45, 7) is 0. The molecule has 0 radical (unpaired) electrons. The maximum atomic E-state index is 10.8. The zero-order valence-electron chi connectivity index (χ0n) is 12.5. The molecule has 0 fully saturated rings. The molecule has 0 saturated carbocycles. The van der Waals surface area contributed by atoms with Gasteiger partial charge in [0.2, 0.25) is 0 Å². The molecule has 0 bridgehead atoms. The van der Waals surface area contributed by atoms with E-state index in [9.17, 15) is 4.79 Å². The number of hydrogen-bond donors (Lipinski definition) is 1. The molecular formula is C18H24O2S. The summed E-state index contributed by atoms with van der Waals surface area (Å²) < 4.78 is 0. The molecule has 0 aliphatic heterocycles. The molecule has 3 atom stereocenters. The van der Waals surface area contributed by atoms with E-state index in [0.717, 1.165) is 30.4 Å². The van der Waals surface area contributed by atoms with Gasteiger partial charge in [-0.25, -0.2) is 0 Å². The minimum atomic E-state index is -0.694.